The van der Waals surface area contributed by atoms with Gasteiger partial charge >= 0.3 is 5.63 Å². The lowest BCUT2D eigenvalue weighted by atomic mass is 9.95. The zero-order valence-electron chi connectivity index (χ0n) is 16.2. The first-order valence-electron chi connectivity index (χ1n) is 9.21. The van der Waals surface area contributed by atoms with E-state index >= 15 is 0 Å². The molecule has 4 rings (SSSR count). The third-order valence-corrected chi connectivity index (χ3v) is 6.26. The quantitative estimate of drug-likeness (QED) is 0.250. The van der Waals surface area contributed by atoms with Crippen molar-refractivity contribution in [3.8, 4) is 11.5 Å². The molecule has 0 amide bonds. The lowest BCUT2D eigenvalue weighted by Gasteiger charge is -2.12. The van der Waals surface area contributed by atoms with E-state index in [0.29, 0.717) is 28.4 Å². The van der Waals surface area contributed by atoms with Crippen LogP contribution in [0.25, 0.3) is 22.4 Å². The van der Waals surface area contributed by atoms with Crippen molar-refractivity contribution in [3.05, 3.63) is 74.0 Å². The molecule has 0 N–H and O–H groups in total. The van der Waals surface area contributed by atoms with Crippen molar-refractivity contribution in [1.82, 2.24) is 10.2 Å². The normalized spacial score (nSPS) is 11.5. The van der Waals surface area contributed by atoms with Gasteiger partial charge in [-0.1, -0.05) is 37.7 Å². The first kappa shape index (κ1) is 19.9. The number of thioether (sulfide) groups is 1. The Morgan fingerprint density at radius 2 is 1.90 bits per heavy atom. The molecule has 0 bridgehead atoms. The number of benzene rings is 2. The molecule has 0 aliphatic carbocycles. The molecule has 2 aromatic carbocycles. The van der Waals surface area contributed by atoms with Gasteiger partial charge in [0.25, 0.3) is 5.22 Å². The third-order valence-electron chi connectivity index (χ3n) is 4.70. The summed E-state index contributed by atoms with van der Waals surface area (Å²) in [6.45, 7) is 6.35. The smallest absolute Gasteiger partial charge is 0.336 e. The summed E-state index contributed by atoms with van der Waals surface area (Å²) in [6.07, 6.45) is 0. The summed E-state index contributed by atoms with van der Waals surface area (Å²) in [5, 5.41) is 9.67. The van der Waals surface area contributed by atoms with Crippen LogP contribution < -0.4 is 5.63 Å². The molecule has 0 spiro atoms. The number of hydrogen-bond donors (Lipinski definition) is 0. The topological polar surface area (TPSA) is 69.1 Å². The monoisotopic (exact) mass is 470 g/mol. The molecule has 0 atom stereocenters. The molecule has 29 heavy (non-hydrogen) atoms. The second kappa shape index (κ2) is 8.16. The fraction of sp³-hybridized carbons (Fsp3) is 0.227. The Morgan fingerprint density at radius 3 is 2.66 bits per heavy atom. The largest absolute Gasteiger partial charge is 0.423 e. The van der Waals surface area contributed by atoms with Crippen molar-refractivity contribution in [2.24, 2.45) is 0 Å². The van der Waals surface area contributed by atoms with Gasteiger partial charge in [-0.2, -0.15) is 0 Å². The van der Waals surface area contributed by atoms with Gasteiger partial charge in [-0.3, -0.25) is 0 Å². The van der Waals surface area contributed by atoms with E-state index in [-0.39, 0.29) is 5.63 Å². The highest BCUT2D eigenvalue weighted by atomic mass is 79.9. The van der Waals surface area contributed by atoms with Crippen LogP contribution in [-0.2, 0) is 5.75 Å². The van der Waals surface area contributed by atoms with E-state index in [1.165, 1.54) is 17.3 Å². The molecular weight excluding hydrogens is 452 g/mol. The summed E-state index contributed by atoms with van der Waals surface area (Å²) in [5.74, 6) is 1.37. The van der Waals surface area contributed by atoms with Crippen LogP contribution in [-0.4, -0.2) is 10.2 Å². The van der Waals surface area contributed by atoms with Crippen LogP contribution in [0.3, 0.4) is 0 Å². The Morgan fingerprint density at radius 1 is 1.10 bits per heavy atom. The number of rotatable bonds is 5. The molecule has 148 valence electrons. The highest BCUT2D eigenvalue weighted by Gasteiger charge is 2.15. The van der Waals surface area contributed by atoms with Crippen LogP contribution >= 0.6 is 27.7 Å². The Balaban J connectivity index is 1.64. The van der Waals surface area contributed by atoms with Gasteiger partial charge in [0.2, 0.25) is 5.89 Å². The molecule has 0 fully saturated rings. The van der Waals surface area contributed by atoms with E-state index in [4.69, 9.17) is 8.83 Å². The van der Waals surface area contributed by atoms with Crippen LogP contribution in [0.15, 0.2) is 65.8 Å². The summed E-state index contributed by atoms with van der Waals surface area (Å²) in [5.41, 5.74) is 4.35. The number of hydrogen-bond acceptors (Lipinski definition) is 6. The molecule has 2 heterocycles. The van der Waals surface area contributed by atoms with Crippen molar-refractivity contribution in [2.75, 3.05) is 0 Å². The minimum Gasteiger partial charge on any atom is -0.423 e. The molecule has 4 aromatic rings. The van der Waals surface area contributed by atoms with Gasteiger partial charge in [0.05, 0.1) is 5.56 Å². The molecule has 2 aromatic heterocycles. The molecule has 0 aliphatic rings. The zero-order valence-corrected chi connectivity index (χ0v) is 18.6. The van der Waals surface area contributed by atoms with Crippen molar-refractivity contribution in [1.29, 1.82) is 0 Å². The lowest BCUT2D eigenvalue weighted by Crippen LogP contribution is -2.02. The standard InChI is InChI=1S/C22H19BrN2O3S/c1-12(2)16-10-17-14(9-20(26)27-19(17)8-13(16)3)11-29-22-25-24-21(28-22)15-6-4-5-7-18(15)23/h4-10,12H,11H2,1-3H3. The van der Waals surface area contributed by atoms with Gasteiger partial charge in [0.1, 0.15) is 5.58 Å². The number of fused-ring (bicyclic) bond motifs is 1. The highest BCUT2D eigenvalue weighted by Crippen LogP contribution is 2.32. The van der Waals surface area contributed by atoms with Gasteiger partial charge in [-0.15, -0.1) is 10.2 Å². The summed E-state index contributed by atoms with van der Waals surface area (Å²) in [7, 11) is 0. The Bertz CT molecular complexity index is 1250. The molecule has 0 saturated carbocycles. The average Bonchev–Trinajstić information content (AvgIpc) is 3.14. The third kappa shape index (κ3) is 4.16. The number of aryl methyl sites for hydroxylation is 1. The number of halogens is 1. The summed E-state index contributed by atoms with van der Waals surface area (Å²) in [4.78, 5) is 12.0. The second-order valence-electron chi connectivity index (χ2n) is 7.09. The minimum absolute atomic E-state index is 0.357. The van der Waals surface area contributed by atoms with Crippen molar-refractivity contribution < 1.29 is 8.83 Å². The zero-order chi connectivity index (χ0) is 20.5. The summed E-state index contributed by atoms with van der Waals surface area (Å²) in [6, 6.07) is 13.3. The van der Waals surface area contributed by atoms with Crippen molar-refractivity contribution in [3.63, 3.8) is 0 Å². The second-order valence-corrected chi connectivity index (χ2v) is 8.87. The predicted octanol–water partition coefficient (Wildman–Crippen LogP) is 6.33. The Hall–Kier alpha value is -2.38. The first-order chi connectivity index (χ1) is 13.9. The maximum atomic E-state index is 12.0. The van der Waals surface area contributed by atoms with E-state index in [1.54, 1.807) is 6.07 Å². The highest BCUT2D eigenvalue weighted by molar-refractivity contribution is 9.10. The number of nitrogens with zero attached hydrogens (tertiary/aromatic N) is 2. The van der Waals surface area contributed by atoms with Gasteiger partial charge in [0, 0.05) is 21.7 Å². The predicted molar refractivity (Wildman–Crippen MR) is 118 cm³/mol. The Labute approximate surface area is 180 Å². The average molecular weight is 471 g/mol. The van der Waals surface area contributed by atoms with E-state index in [1.807, 2.05) is 37.3 Å². The molecule has 0 aliphatic heterocycles. The van der Waals surface area contributed by atoms with E-state index in [2.05, 4.69) is 46.0 Å². The van der Waals surface area contributed by atoms with Gasteiger partial charge in [-0.25, -0.2) is 4.79 Å². The fourth-order valence-electron chi connectivity index (χ4n) is 3.28. The fourth-order valence-corrected chi connectivity index (χ4v) is 4.49. The van der Waals surface area contributed by atoms with Crippen LogP contribution in [0.2, 0.25) is 0 Å². The van der Waals surface area contributed by atoms with E-state index < -0.39 is 0 Å². The first-order valence-corrected chi connectivity index (χ1v) is 11.0. The van der Waals surface area contributed by atoms with E-state index in [0.717, 1.165) is 26.5 Å². The summed E-state index contributed by atoms with van der Waals surface area (Å²) >= 11 is 4.90. The van der Waals surface area contributed by atoms with E-state index in [9.17, 15) is 4.79 Å². The van der Waals surface area contributed by atoms with Gasteiger partial charge in [0.15, 0.2) is 0 Å². The molecule has 0 unspecified atom stereocenters. The number of aromatic nitrogens is 2. The molecule has 0 radical (unpaired) electrons. The van der Waals surface area contributed by atoms with Crippen LogP contribution in [0.1, 0.15) is 36.5 Å². The Kier molecular flexibility index (Phi) is 5.61. The minimum atomic E-state index is -0.357. The van der Waals surface area contributed by atoms with Gasteiger partial charge < -0.3 is 8.83 Å². The SMILES string of the molecule is Cc1cc2oc(=O)cc(CSc3nnc(-c4ccccc4Br)o3)c2cc1C(C)C. The summed E-state index contributed by atoms with van der Waals surface area (Å²) < 4.78 is 12.1. The molecule has 7 heteroatoms. The molecule has 0 saturated heterocycles. The lowest BCUT2D eigenvalue weighted by molar-refractivity contribution is 0.465. The maximum absolute atomic E-state index is 12.0. The van der Waals surface area contributed by atoms with Gasteiger partial charge in [-0.05, 0) is 69.7 Å². The van der Waals surface area contributed by atoms with Crippen molar-refractivity contribution in [2.45, 2.75) is 37.7 Å². The molecular formula is C22H19BrN2O3S. The molecule has 5 nitrogen and oxygen atoms in total. The van der Waals surface area contributed by atoms with Crippen LogP contribution in [0.5, 0.6) is 0 Å². The maximum Gasteiger partial charge on any atom is 0.336 e. The van der Waals surface area contributed by atoms with Crippen LogP contribution in [0.4, 0.5) is 0 Å². The van der Waals surface area contributed by atoms with Crippen LogP contribution in [0, 0.1) is 6.92 Å². The van der Waals surface area contributed by atoms with Crippen molar-refractivity contribution >= 4 is 38.7 Å².